The van der Waals surface area contributed by atoms with Gasteiger partial charge >= 0.3 is 5.97 Å². The number of hydrogen-bond donors (Lipinski definition) is 0. The van der Waals surface area contributed by atoms with E-state index in [9.17, 15) is 9.00 Å². The van der Waals surface area contributed by atoms with Crippen molar-refractivity contribution in [3.8, 4) is 0 Å². The molecule has 2 fully saturated rings. The minimum Gasteiger partial charge on any atom is -0.458 e. The number of carbonyl (C=O) groups is 1. The highest BCUT2D eigenvalue weighted by Gasteiger charge is 2.42. The van der Waals surface area contributed by atoms with Crippen LogP contribution in [0.1, 0.15) is 25.7 Å². The molecule has 0 spiro atoms. The fourth-order valence-corrected chi connectivity index (χ4v) is 2.49. The van der Waals surface area contributed by atoms with Crippen molar-refractivity contribution in [2.75, 3.05) is 0 Å². The summed E-state index contributed by atoms with van der Waals surface area (Å²) < 4.78 is 15.6. The maximum absolute atomic E-state index is 11.1. The molecule has 0 radical (unpaired) electrons. The predicted molar refractivity (Wildman–Crippen MR) is 45.0 cm³/mol. The van der Waals surface area contributed by atoms with E-state index in [0.29, 0.717) is 16.1 Å². The molecule has 2 rings (SSSR count). The second-order valence-corrected chi connectivity index (χ2v) is 3.89. The Labute approximate surface area is 74.2 Å². The molecule has 2 atom stereocenters. The molecule has 66 valence electrons. The van der Waals surface area contributed by atoms with Crippen molar-refractivity contribution in [1.82, 2.24) is 0 Å². The zero-order valence-corrected chi connectivity index (χ0v) is 7.43. The summed E-state index contributed by atoms with van der Waals surface area (Å²) in [6.07, 6.45) is 4.12. The third-order valence-electron chi connectivity index (χ3n) is 2.59. The third-order valence-corrected chi connectivity index (χ3v) is 3.24. The molecule has 0 aromatic carbocycles. The molecular weight excluding hydrogens is 176 g/mol. The van der Waals surface area contributed by atoms with E-state index in [4.69, 9.17) is 4.74 Å². The SMILES string of the molecule is O=S=C1C(=O)O[C@H]2CCCC[C@H]12. The molecule has 1 heterocycles. The highest BCUT2D eigenvalue weighted by Crippen LogP contribution is 2.32. The number of rotatable bonds is 0. The van der Waals surface area contributed by atoms with Gasteiger partial charge < -0.3 is 4.74 Å². The summed E-state index contributed by atoms with van der Waals surface area (Å²) in [5, 5.41) is 0. The Kier molecular flexibility index (Phi) is 2.00. The third kappa shape index (κ3) is 1.10. The van der Waals surface area contributed by atoms with Crippen LogP contribution in [0.5, 0.6) is 0 Å². The minimum atomic E-state index is -0.369. The van der Waals surface area contributed by atoms with Crippen LogP contribution < -0.4 is 0 Å². The van der Waals surface area contributed by atoms with Gasteiger partial charge in [0, 0.05) is 5.92 Å². The van der Waals surface area contributed by atoms with Crippen molar-refractivity contribution in [2.24, 2.45) is 5.92 Å². The van der Waals surface area contributed by atoms with Gasteiger partial charge in [0.25, 0.3) is 0 Å². The maximum Gasteiger partial charge on any atom is 0.348 e. The Morgan fingerprint density at radius 3 is 2.83 bits per heavy atom. The summed E-state index contributed by atoms with van der Waals surface area (Å²) >= 11 is 0.318. The van der Waals surface area contributed by atoms with E-state index in [2.05, 4.69) is 0 Å². The Balaban J connectivity index is 2.27. The molecule has 0 aromatic heterocycles. The van der Waals surface area contributed by atoms with Gasteiger partial charge in [0.05, 0.1) is 0 Å². The van der Waals surface area contributed by atoms with Crippen molar-refractivity contribution in [1.29, 1.82) is 0 Å². The van der Waals surface area contributed by atoms with Gasteiger partial charge in [-0.1, -0.05) is 6.42 Å². The number of fused-ring (bicyclic) bond motifs is 1. The monoisotopic (exact) mass is 186 g/mol. The lowest BCUT2D eigenvalue weighted by atomic mass is 9.86. The Hall–Kier alpha value is -0.640. The van der Waals surface area contributed by atoms with E-state index in [1.165, 1.54) is 0 Å². The molecular formula is C8H10O3S. The van der Waals surface area contributed by atoms with Crippen LogP contribution in [0.3, 0.4) is 0 Å². The van der Waals surface area contributed by atoms with Gasteiger partial charge in [-0.15, -0.1) is 0 Å². The largest absolute Gasteiger partial charge is 0.458 e. The first kappa shape index (κ1) is 7.98. The smallest absolute Gasteiger partial charge is 0.348 e. The van der Waals surface area contributed by atoms with E-state index >= 15 is 0 Å². The molecule has 1 aliphatic carbocycles. The van der Waals surface area contributed by atoms with Gasteiger partial charge in [0.15, 0.2) is 0 Å². The van der Waals surface area contributed by atoms with Crippen LogP contribution in [0.15, 0.2) is 0 Å². The minimum absolute atomic E-state index is 0.0164. The van der Waals surface area contributed by atoms with Gasteiger partial charge in [0.1, 0.15) is 22.2 Å². The molecule has 1 aliphatic heterocycles. The van der Waals surface area contributed by atoms with Crippen LogP contribution in [-0.4, -0.2) is 21.1 Å². The zero-order chi connectivity index (χ0) is 8.55. The molecule has 4 heteroatoms. The van der Waals surface area contributed by atoms with Crippen LogP contribution in [0, 0.1) is 5.92 Å². The highest BCUT2D eigenvalue weighted by molar-refractivity contribution is 7.68. The first-order valence-electron chi connectivity index (χ1n) is 4.20. The summed E-state index contributed by atoms with van der Waals surface area (Å²) in [5.41, 5.74) is 0. The molecule has 12 heavy (non-hydrogen) atoms. The fourth-order valence-electron chi connectivity index (χ4n) is 1.98. The van der Waals surface area contributed by atoms with Gasteiger partial charge in [-0.05, 0) is 19.3 Å². The topological polar surface area (TPSA) is 43.4 Å². The number of esters is 1. The van der Waals surface area contributed by atoms with Crippen LogP contribution >= 0.6 is 0 Å². The number of hydrogen-bond acceptors (Lipinski definition) is 3. The Bertz CT molecular complexity index is 267. The van der Waals surface area contributed by atoms with Crippen LogP contribution in [0.4, 0.5) is 0 Å². The van der Waals surface area contributed by atoms with Crippen LogP contribution in [0.25, 0.3) is 0 Å². The quantitative estimate of drug-likeness (QED) is 0.408. The van der Waals surface area contributed by atoms with Gasteiger partial charge in [-0.3, -0.25) is 0 Å². The molecule has 3 nitrogen and oxygen atoms in total. The summed E-state index contributed by atoms with van der Waals surface area (Å²) in [4.78, 5) is 11.5. The van der Waals surface area contributed by atoms with E-state index in [1.54, 1.807) is 0 Å². The van der Waals surface area contributed by atoms with Crippen molar-refractivity contribution >= 4 is 22.1 Å². The average Bonchev–Trinajstić information content (AvgIpc) is 2.40. The van der Waals surface area contributed by atoms with Crippen molar-refractivity contribution in [3.63, 3.8) is 0 Å². The lowest BCUT2D eigenvalue weighted by Gasteiger charge is -2.21. The average molecular weight is 186 g/mol. The summed E-state index contributed by atoms with van der Waals surface area (Å²) in [6.45, 7) is 0. The van der Waals surface area contributed by atoms with Gasteiger partial charge in [-0.25, -0.2) is 9.00 Å². The number of carbonyl (C=O) groups excluding carboxylic acids is 1. The van der Waals surface area contributed by atoms with Crippen molar-refractivity contribution in [3.05, 3.63) is 0 Å². The second-order valence-electron chi connectivity index (χ2n) is 3.28. The van der Waals surface area contributed by atoms with E-state index in [0.717, 1.165) is 25.7 Å². The molecule has 0 unspecified atom stereocenters. The summed E-state index contributed by atoms with van der Waals surface area (Å²) in [5.74, 6) is -0.249. The zero-order valence-electron chi connectivity index (χ0n) is 6.62. The molecule has 0 amide bonds. The van der Waals surface area contributed by atoms with E-state index < -0.39 is 0 Å². The van der Waals surface area contributed by atoms with Crippen LogP contribution in [0.2, 0.25) is 0 Å². The molecule has 0 N–H and O–H groups in total. The van der Waals surface area contributed by atoms with Gasteiger partial charge in [0.2, 0.25) is 0 Å². The second kappa shape index (κ2) is 3.01. The Morgan fingerprint density at radius 1 is 1.33 bits per heavy atom. The highest BCUT2D eigenvalue weighted by atomic mass is 32.1. The lowest BCUT2D eigenvalue weighted by molar-refractivity contribution is -0.138. The summed E-state index contributed by atoms with van der Waals surface area (Å²) in [6, 6.07) is 0. The molecule has 0 bridgehead atoms. The standard InChI is InChI=1S/C8H10O3S/c9-8-7(12-10)5-3-1-2-4-6(5)11-8/h5-6H,1-4H2/t5-,6-/m0/s1. The summed E-state index contributed by atoms with van der Waals surface area (Å²) in [7, 11) is 0. The predicted octanol–water partition coefficient (Wildman–Crippen LogP) is 0.487. The molecule has 2 aliphatic rings. The van der Waals surface area contributed by atoms with Crippen LogP contribution in [-0.2, 0) is 20.8 Å². The number of ether oxygens (including phenoxy) is 1. The molecule has 0 aromatic rings. The first-order chi connectivity index (χ1) is 5.83. The fraction of sp³-hybridized carbons (Fsp3) is 0.750. The van der Waals surface area contributed by atoms with Crippen molar-refractivity contribution in [2.45, 2.75) is 31.8 Å². The molecule has 1 saturated carbocycles. The van der Waals surface area contributed by atoms with E-state index in [1.807, 2.05) is 0 Å². The Morgan fingerprint density at radius 2 is 2.08 bits per heavy atom. The lowest BCUT2D eigenvalue weighted by Crippen LogP contribution is -2.24. The van der Waals surface area contributed by atoms with Gasteiger partial charge in [-0.2, -0.15) is 0 Å². The molecule has 1 saturated heterocycles. The maximum atomic E-state index is 11.1. The van der Waals surface area contributed by atoms with Crippen molar-refractivity contribution < 1.29 is 13.7 Å². The first-order valence-corrected chi connectivity index (χ1v) is 4.94. The van der Waals surface area contributed by atoms with E-state index in [-0.39, 0.29) is 18.0 Å². The normalized spacial score (nSPS) is 34.3.